The number of rotatable bonds is 3. The van der Waals surface area contributed by atoms with Gasteiger partial charge in [0, 0.05) is 35.3 Å². The Morgan fingerprint density at radius 2 is 1.60 bits per heavy atom. The lowest BCUT2D eigenvalue weighted by Gasteiger charge is -2.30. The van der Waals surface area contributed by atoms with Crippen LogP contribution in [-0.2, 0) is 16.0 Å². The van der Waals surface area contributed by atoms with Crippen molar-refractivity contribution < 1.29 is 18.4 Å². The summed E-state index contributed by atoms with van der Waals surface area (Å²) in [6.45, 7) is 8.59. The van der Waals surface area contributed by atoms with Gasteiger partial charge in [-0.05, 0) is 57.7 Å². The van der Waals surface area contributed by atoms with Crippen molar-refractivity contribution in [1.29, 1.82) is 0 Å². The van der Waals surface area contributed by atoms with E-state index in [2.05, 4.69) is 0 Å². The molecule has 7 nitrogen and oxygen atoms in total. The molecule has 158 valence electrons. The largest absolute Gasteiger partial charge is 0.461 e. The zero-order valence-electron chi connectivity index (χ0n) is 17.8. The van der Waals surface area contributed by atoms with Crippen LogP contribution in [0.15, 0.2) is 19.7 Å². The van der Waals surface area contributed by atoms with Crippen LogP contribution in [0.2, 0.25) is 0 Å². The van der Waals surface area contributed by atoms with Gasteiger partial charge in [0.2, 0.25) is 11.8 Å². The molecular formula is C23H26N2O5. The third-order valence-corrected chi connectivity index (χ3v) is 6.52. The monoisotopic (exact) mass is 410 g/mol. The Hall–Kier alpha value is -3.09. The lowest BCUT2D eigenvalue weighted by Crippen LogP contribution is -2.42. The second kappa shape index (κ2) is 7.31. The van der Waals surface area contributed by atoms with Gasteiger partial charge in [0.05, 0.1) is 12.0 Å². The lowest BCUT2D eigenvalue weighted by molar-refractivity contribution is -0.134. The summed E-state index contributed by atoms with van der Waals surface area (Å²) < 4.78 is 11.5. The van der Waals surface area contributed by atoms with Gasteiger partial charge < -0.3 is 19.5 Å². The van der Waals surface area contributed by atoms with Gasteiger partial charge in [-0.3, -0.25) is 9.59 Å². The Labute approximate surface area is 173 Å². The first-order valence-electron chi connectivity index (χ1n) is 10.2. The Balaban J connectivity index is 1.70. The Morgan fingerprint density at radius 3 is 2.23 bits per heavy atom. The lowest BCUT2D eigenvalue weighted by atomic mass is 9.95. The van der Waals surface area contributed by atoms with Gasteiger partial charge in [-0.1, -0.05) is 0 Å². The number of nitrogens with zero attached hydrogens (tertiary/aromatic N) is 1. The number of primary amides is 1. The number of carbonyl (C=O) groups excluding carboxylic acids is 2. The molecule has 1 aromatic carbocycles. The molecule has 0 bridgehead atoms. The van der Waals surface area contributed by atoms with Gasteiger partial charge in [0.25, 0.3) is 0 Å². The third kappa shape index (κ3) is 3.18. The molecule has 30 heavy (non-hydrogen) atoms. The summed E-state index contributed by atoms with van der Waals surface area (Å²) >= 11 is 0. The minimum absolute atomic E-state index is 0.0220. The van der Waals surface area contributed by atoms with Crippen LogP contribution in [0.3, 0.4) is 0 Å². The number of piperidine rings is 1. The maximum absolute atomic E-state index is 12.8. The van der Waals surface area contributed by atoms with Gasteiger partial charge in [0.1, 0.15) is 16.9 Å². The summed E-state index contributed by atoms with van der Waals surface area (Å²) in [5.41, 5.74) is 9.05. The number of amides is 2. The zero-order valence-corrected chi connectivity index (χ0v) is 17.8. The molecule has 1 fully saturated rings. The molecule has 7 heteroatoms. The van der Waals surface area contributed by atoms with Crippen LogP contribution in [0.5, 0.6) is 0 Å². The average molecular weight is 410 g/mol. The Bertz CT molecular complexity index is 1240. The van der Waals surface area contributed by atoms with E-state index < -0.39 is 5.63 Å². The number of aryl methyl sites for hydroxylation is 4. The molecule has 1 aliphatic rings. The normalized spacial score (nSPS) is 15.3. The van der Waals surface area contributed by atoms with Crippen LogP contribution in [0.1, 0.15) is 40.9 Å². The fraction of sp³-hybridized carbons (Fsp3) is 0.435. The number of fused-ring (bicyclic) bond motifs is 2. The maximum Gasteiger partial charge on any atom is 0.340 e. The van der Waals surface area contributed by atoms with E-state index in [1.807, 2.05) is 33.8 Å². The molecule has 0 saturated carbocycles. The zero-order chi connectivity index (χ0) is 21.7. The first kappa shape index (κ1) is 20.2. The number of hydrogen-bond donors (Lipinski definition) is 1. The highest BCUT2D eigenvalue weighted by Gasteiger charge is 2.27. The Kier molecular flexibility index (Phi) is 4.92. The number of likely N-dealkylation sites (tertiary alicyclic amines) is 1. The maximum atomic E-state index is 12.8. The van der Waals surface area contributed by atoms with Crippen LogP contribution >= 0.6 is 0 Å². The average Bonchev–Trinajstić information content (AvgIpc) is 3.01. The van der Waals surface area contributed by atoms with E-state index in [0.717, 1.165) is 38.8 Å². The van der Waals surface area contributed by atoms with E-state index in [0.29, 0.717) is 37.1 Å². The smallest absolute Gasteiger partial charge is 0.340 e. The van der Waals surface area contributed by atoms with Gasteiger partial charge in [-0.25, -0.2) is 4.79 Å². The predicted molar refractivity (Wildman–Crippen MR) is 113 cm³/mol. The van der Waals surface area contributed by atoms with Crippen LogP contribution in [0, 0.1) is 33.6 Å². The van der Waals surface area contributed by atoms with E-state index in [1.54, 1.807) is 4.90 Å². The molecular weight excluding hydrogens is 384 g/mol. The van der Waals surface area contributed by atoms with Gasteiger partial charge in [-0.2, -0.15) is 0 Å². The first-order valence-corrected chi connectivity index (χ1v) is 10.2. The van der Waals surface area contributed by atoms with E-state index in [-0.39, 0.29) is 24.2 Å². The summed E-state index contributed by atoms with van der Waals surface area (Å²) in [5.74, 6) is 0.187. The van der Waals surface area contributed by atoms with Crippen LogP contribution in [0.25, 0.3) is 21.9 Å². The van der Waals surface area contributed by atoms with Crippen molar-refractivity contribution in [3.63, 3.8) is 0 Å². The topological polar surface area (TPSA) is 107 Å². The van der Waals surface area contributed by atoms with Crippen molar-refractivity contribution in [3.05, 3.63) is 44.5 Å². The highest BCUT2D eigenvalue weighted by atomic mass is 16.4. The molecule has 2 N–H and O–H groups in total. The first-order chi connectivity index (χ1) is 14.2. The standard InChI is InChI=1S/C23H26N2O5/c1-11-14(4)29-20-13(3)21-17(9-16(11)20)12(2)18(23(28)30-21)10-19(26)25-7-5-15(6-8-25)22(24)27/h9,15H,5-8,10H2,1-4H3,(H2,24,27). The van der Waals surface area contributed by atoms with Crippen molar-refractivity contribution in [2.75, 3.05) is 13.1 Å². The summed E-state index contributed by atoms with van der Waals surface area (Å²) in [5, 5.41) is 1.80. The molecule has 0 unspecified atom stereocenters. The summed E-state index contributed by atoms with van der Waals surface area (Å²) in [4.78, 5) is 38.6. The van der Waals surface area contributed by atoms with Gasteiger partial charge in [-0.15, -0.1) is 0 Å². The number of furan rings is 1. The molecule has 1 saturated heterocycles. The molecule has 0 radical (unpaired) electrons. The number of hydrogen-bond acceptors (Lipinski definition) is 5. The highest BCUT2D eigenvalue weighted by molar-refractivity contribution is 6.00. The van der Waals surface area contributed by atoms with E-state index >= 15 is 0 Å². The SMILES string of the molecule is Cc1oc2c(C)c3oc(=O)c(CC(=O)N4CCC(C(N)=O)CC4)c(C)c3cc2c1C. The van der Waals surface area contributed by atoms with Gasteiger partial charge >= 0.3 is 5.63 Å². The van der Waals surface area contributed by atoms with Crippen LogP contribution in [0.4, 0.5) is 0 Å². The highest BCUT2D eigenvalue weighted by Crippen LogP contribution is 2.34. The number of benzene rings is 1. The van der Waals surface area contributed by atoms with Crippen LogP contribution < -0.4 is 11.4 Å². The molecule has 4 rings (SSSR count). The Morgan fingerprint density at radius 1 is 1.00 bits per heavy atom. The van der Waals surface area contributed by atoms with Gasteiger partial charge in [0.15, 0.2) is 0 Å². The van der Waals surface area contributed by atoms with Crippen molar-refractivity contribution in [3.8, 4) is 0 Å². The van der Waals surface area contributed by atoms with E-state index in [9.17, 15) is 14.4 Å². The molecule has 0 atom stereocenters. The van der Waals surface area contributed by atoms with E-state index in [1.165, 1.54) is 0 Å². The fourth-order valence-corrected chi connectivity index (χ4v) is 4.37. The number of nitrogens with two attached hydrogens (primary N) is 1. The van der Waals surface area contributed by atoms with Crippen molar-refractivity contribution in [2.45, 2.75) is 47.0 Å². The summed E-state index contributed by atoms with van der Waals surface area (Å²) in [6, 6.07) is 1.98. The van der Waals surface area contributed by atoms with Crippen LogP contribution in [-0.4, -0.2) is 29.8 Å². The van der Waals surface area contributed by atoms with Crippen molar-refractivity contribution in [2.24, 2.45) is 11.7 Å². The minimum Gasteiger partial charge on any atom is -0.461 e. The molecule has 0 aliphatic carbocycles. The van der Waals surface area contributed by atoms with Crippen molar-refractivity contribution >= 4 is 33.8 Å². The second-order valence-corrected chi connectivity index (χ2v) is 8.27. The molecule has 2 amide bonds. The molecule has 3 aromatic rings. The third-order valence-electron chi connectivity index (χ3n) is 6.52. The summed E-state index contributed by atoms with van der Waals surface area (Å²) in [6.07, 6.45) is 1.09. The molecule has 2 aromatic heterocycles. The minimum atomic E-state index is -0.497. The number of carbonyl (C=O) groups is 2. The molecule has 3 heterocycles. The van der Waals surface area contributed by atoms with E-state index in [4.69, 9.17) is 14.6 Å². The molecule has 0 spiro atoms. The summed E-state index contributed by atoms with van der Waals surface area (Å²) in [7, 11) is 0. The predicted octanol–water partition coefficient (Wildman–Crippen LogP) is 3.04. The molecule has 1 aliphatic heterocycles. The quantitative estimate of drug-likeness (QED) is 0.668. The second-order valence-electron chi connectivity index (χ2n) is 8.27. The fourth-order valence-electron chi connectivity index (χ4n) is 4.37. The van der Waals surface area contributed by atoms with Crippen molar-refractivity contribution in [1.82, 2.24) is 4.90 Å².